The van der Waals surface area contributed by atoms with Crippen LogP contribution in [0.15, 0.2) is 18.2 Å². The zero-order valence-corrected chi connectivity index (χ0v) is 16.0. The zero-order valence-electron chi connectivity index (χ0n) is 16.0. The minimum Gasteiger partial charge on any atom is -0.336 e. The molecule has 5 nitrogen and oxygen atoms in total. The number of likely N-dealkylation sites (tertiary alicyclic amines) is 1. The lowest BCUT2D eigenvalue weighted by atomic mass is 9.95. The summed E-state index contributed by atoms with van der Waals surface area (Å²) in [5.74, 6) is 0.452. The van der Waals surface area contributed by atoms with Crippen LogP contribution in [0.2, 0.25) is 0 Å². The first-order valence-corrected chi connectivity index (χ1v) is 9.93. The molecule has 1 aliphatic heterocycles. The van der Waals surface area contributed by atoms with E-state index in [-0.39, 0.29) is 23.7 Å². The third-order valence-corrected chi connectivity index (χ3v) is 6.09. The third kappa shape index (κ3) is 3.93. The van der Waals surface area contributed by atoms with Crippen molar-refractivity contribution in [1.29, 1.82) is 0 Å². The summed E-state index contributed by atoms with van der Waals surface area (Å²) >= 11 is 0. The first kappa shape index (κ1) is 18.9. The van der Waals surface area contributed by atoms with Crippen LogP contribution >= 0.6 is 0 Å². The number of nitrogens with two attached hydrogens (primary N) is 1. The van der Waals surface area contributed by atoms with Crippen molar-refractivity contribution < 1.29 is 9.59 Å². The Morgan fingerprint density at radius 1 is 1.19 bits per heavy atom. The van der Waals surface area contributed by atoms with Crippen LogP contribution in [0, 0.1) is 18.8 Å². The van der Waals surface area contributed by atoms with Gasteiger partial charge in [-0.25, -0.2) is 0 Å². The van der Waals surface area contributed by atoms with Crippen LogP contribution in [0.25, 0.3) is 0 Å². The predicted octanol–water partition coefficient (Wildman–Crippen LogP) is 3.32. The highest BCUT2D eigenvalue weighted by Crippen LogP contribution is 2.32. The number of aryl methyl sites for hydroxylation is 1. The maximum absolute atomic E-state index is 12.8. The molecule has 3 N–H and O–H groups in total. The smallest absolute Gasteiger partial charge is 0.254 e. The molecule has 2 amide bonds. The van der Waals surface area contributed by atoms with Crippen LogP contribution in [0.1, 0.15) is 61.4 Å². The highest BCUT2D eigenvalue weighted by molar-refractivity contribution is 5.97. The molecule has 1 aliphatic carbocycles. The van der Waals surface area contributed by atoms with Gasteiger partial charge in [0.15, 0.2) is 0 Å². The Morgan fingerprint density at radius 2 is 2.00 bits per heavy atom. The molecule has 5 heteroatoms. The van der Waals surface area contributed by atoms with Crippen LogP contribution in [0.5, 0.6) is 0 Å². The van der Waals surface area contributed by atoms with E-state index in [2.05, 4.69) is 12.2 Å². The summed E-state index contributed by atoms with van der Waals surface area (Å²) in [5.41, 5.74) is 8.22. The van der Waals surface area contributed by atoms with Crippen molar-refractivity contribution >= 4 is 17.5 Å². The van der Waals surface area contributed by atoms with E-state index in [1.54, 1.807) is 0 Å². The molecule has 1 unspecified atom stereocenters. The van der Waals surface area contributed by atoms with Gasteiger partial charge in [-0.15, -0.1) is 0 Å². The molecule has 0 aromatic heterocycles. The van der Waals surface area contributed by atoms with Crippen molar-refractivity contribution in [3.8, 4) is 0 Å². The van der Waals surface area contributed by atoms with Crippen molar-refractivity contribution in [3.63, 3.8) is 0 Å². The van der Waals surface area contributed by atoms with E-state index in [9.17, 15) is 9.59 Å². The van der Waals surface area contributed by atoms with E-state index in [4.69, 9.17) is 5.73 Å². The molecule has 2 fully saturated rings. The molecule has 0 spiro atoms. The number of nitrogens with zero attached hydrogens (tertiary/aromatic N) is 1. The number of anilines is 1. The lowest BCUT2D eigenvalue weighted by molar-refractivity contribution is -0.120. The summed E-state index contributed by atoms with van der Waals surface area (Å²) in [5, 5.41) is 3.05. The molecule has 3 atom stereocenters. The van der Waals surface area contributed by atoms with Crippen molar-refractivity contribution in [1.82, 2.24) is 4.90 Å². The summed E-state index contributed by atoms with van der Waals surface area (Å²) < 4.78 is 0. The molecule has 142 valence electrons. The third-order valence-electron chi connectivity index (χ3n) is 6.09. The van der Waals surface area contributed by atoms with Gasteiger partial charge in [0.25, 0.3) is 5.91 Å². The van der Waals surface area contributed by atoms with E-state index in [0.717, 1.165) is 49.9 Å². The fourth-order valence-electron chi connectivity index (χ4n) is 4.39. The molecule has 1 saturated carbocycles. The largest absolute Gasteiger partial charge is 0.336 e. The standard InChI is InChI=1S/C21H31N3O2/c1-14-12-16(21(26)24-11-4-3-6-15(24)2)9-10-19(14)23-20(25)18-8-5-7-17(18)13-22/h9-10,12,15,17-18H,3-8,11,13,22H2,1-2H3,(H,23,25)/t15?,17-,18-/m1/s1. The molecule has 3 rings (SSSR count). The zero-order chi connectivity index (χ0) is 18.7. The van der Waals surface area contributed by atoms with Crippen LogP contribution in [-0.4, -0.2) is 35.8 Å². The van der Waals surface area contributed by atoms with Crippen molar-refractivity contribution in [2.75, 3.05) is 18.4 Å². The summed E-state index contributed by atoms with van der Waals surface area (Å²) in [6.45, 7) is 5.47. The number of hydrogen-bond acceptors (Lipinski definition) is 3. The van der Waals surface area contributed by atoms with Crippen LogP contribution in [0.3, 0.4) is 0 Å². The number of carbonyl (C=O) groups is 2. The number of piperidine rings is 1. The van der Waals surface area contributed by atoms with Crippen molar-refractivity contribution in [2.24, 2.45) is 17.6 Å². The second-order valence-corrected chi connectivity index (χ2v) is 7.90. The average Bonchev–Trinajstić information content (AvgIpc) is 3.12. The molecule has 1 saturated heterocycles. The van der Waals surface area contributed by atoms with Gasteiger partial charge in [0.2, 0.25) is 5.91 Å². The highest BCUT2D eigenvalue weighted by atomic mass is 16.2. The molecule has 1 aromatic carbocycles. The summed E-state index contributed by atoms with van der Waals surface area (Å²) in [6.07, 6.45) is 6.36. The fraction of sp³-hybridized carbons (Fsp3) is 0.619. The second kappa shape index (κ2) is 8.21. The minimum atomic E-state index is 0.00917. The summed E-state index contributed by atoms with van der Waals surface area (Å²) in [4.78, 5) is 27.4. The number of nitrogens with one attached hydrogen (secondary N) is 1. The topological polar surface area (TPSA) is 75.4 Å². The van der Waals surface area contributed by atoms with E-state index >= 15 is 0 Å². The lowest BCUT2D eigenvalue weighted by Gasteiger charge is -2.33. The minimum absolute atomic E-state index is 0.00917. The van der Waals surface area contributed by atoms with Gasteiger partial charge < -0.3 is 16.0 Å². The number of benzene rings is 1. The van der Waals surface area contributed by atoms with E-state index < -0.39 is 0 Å². The number of amides is 2. The Balaban J connectivity index is 1.69. The molecule has 0 bridgehead atoms. The lowest BCUT2D eigenvalue weighted by Crippen LogP contribution is -2.42. The fourth-order valence-corrected chi connectivity index (χ4v) is 4.39. The Labute approximate surface area is 156 Å². The van der Waals surface area contributed by atoms with Gasteiger partial charge in [-0.05, 0) is 82.2 Å². The predicted molar refractivity (Wildman–Crippen MR) is 104 cm³/mol. The van der Waals surface area contributed by atoms with Crippen LogP contribution in [-0.2, 0) is 4.79 Å². The van der Waals surface area contributed by atoms with Gasteiger partial charge in [-0.1, -0.05) is 6.42 Å². The molecule has 2 aliphatic rings. The van der Waals surface area contributed by atoms with E-state index in [1.807, 2.05) is 30.0 Å². The molecular formula is C21H31N3O2. The molecule has 0 radical (unpaired) electrons. The Morgan fingerprint density at radius 3 is 2.69 bits per heavy atom. The van der Waals surface area contributed by atoms with Crippen molar-refractivity contribution in [2.45, 2.75) is 58.4 Å². The van der Waals surface area contributed by atoms with Gasteiger partial charge in [0.1, 0.15) is 0 Å². The molecule has 26 heavy (non-hydrogen) atoms. The second-order valence-electron chi connectivity index (χ2n) is 7.90. The number of hydrogen-bond donors (Lipinski definition) is 2. The van der Waals surface area contributed by atoms with Gasteiger partial charge in [0.05, 0.1) is 0 Å². The molecule has 1 aromatic rings. The monoisotopic (exact) mass is 357 g/mol. The first-order valence-electron chi connectivity index (χ1n) is 9.93. The van der Waals surface area contributed by atoms with Gasteiger partial charge in [0, 0.05) is 29.8 Å². The summed E-state index contributed by atoms with van der Waals surface area (Å²) in [6, 6.07) is 5.89. The SMILES string of the molecule is Cc1cc(C(=O)N2CCCCC2C)ccc1NC(=O)[C@@H]1CCC[C@@H]1CN. The average molecular weight is 357 g/mol. The van der Waals surface area contributed by atoms with E-state index in [0.29, 0.717) is 18.2 Å². The Kier molecular flexibility index (Phi) is 5.97. The highest BCUT2D eigenvalue weighted by Gasteiger charge is 2.32. The Hall–Kier alpha value is -1.88. The van der Waals surface area contributed by atoms with Crippen molar-refractivity contribution in [3.05, 3.63) is 29.3 Å². The first-order chi connectivity index (χ1) is 12.5. The van der Waals surface area contributed by atoms with Gasteiger partial charge in [-0.3, -0.25) is 9.59 Å². The number of rotatable bonds is 4. The van der Waals surface area contributed by atoms with Gasteiger partial charge in [-0.2, -0.15) is 0 Å². The van der Waals surface area contributed by atoms with Gasteiger partial charge >= 0.3 is 0 Å². The summed E-state index contributed by atoms with van der Waals surface area (Å²) in [7, 11) is 0. The van der Waals surface area contributed by atoms with E-state index in [1.165, 1.54) is 6.42 Å². The molecule has 1 heterocycles. The quantitative estimate of drug-likeness (QED) is 0.868. The molecular weight excluding hydrogens is 326 g/mol. The van der Waals surface area contributed by atoms with Crippen LogP contribution in [0.4, 0.5) is 5.69 Å². The Bertz CT molecular complexity index is 673. The number of carbonyl (C=O) groups excluding carboxylic acids is 2. The normalized spacial score (nSPS) is 26.0. The maximum atomic E-state index is 12.8. The van der Waals surface area contributed by atoms with Crippen LogP contribution < -0.4 is 11.1 Å². The maximum Gasteiger partial charge on any atom is 0.254 e.